The number of benzene rings is 1. The Kier molecular flexibility index (Phi) is 5.11. The summed E-state index contributed by atoms with van der Waals surface area (Å²) in [5.74, 6) is 0.0402. The highest BCUT2D eigenvalue weighted by Crippen LogP contribution is 2.31. The lowest BCUT2D eigenvalue weighted by molar-refractivity contribution is -0.384. The van der Waals surface area contributed by atoms with Gasteiger partial charge in [0.25, 0.3) is 5.69 Å². The maximum atomic E-state index is 11.4. The first kappa shape index (κ1) is 14.7. The molecule has 0 atom stereocenters. The zero-order chi connectivity index (χ0) is 14.4. The minimum Gasteiger partial charge on any atom is -0.497 e. The summed E-state index contributed by atoms with van der Waals surface area (Å²) in [6, 6.07) is 4.35. The number of rotatable bonds is 6. The van der Waals surface area contributed by atoms with Gasteiger partial charge in [-0.3, -0.25) is 14.9 Å². The molecule has 0 aliphatic rings. The first-order valence-electron chi connectivity index (χ1n) is 5.68. The van der Waals surface area contributed by atoms with Crippen molar-refractivity contribution in [3.8, 4) is 5.75 Å². The van der Waals surface area contributed by atoms with Gasteiger partial charge in [-0.1, -0.05) is 0 Å². The summed E-state index contributed by atoms with van der Waals surface area (Å²) in [7, 11) is 3.05. The number of hydrogen-bond donors (Lipinski definition) is 0. The third-order valence-electron chi connectivity index (χ3n) is 2.46. The Morgan fingerprint density at radius 3 is 2.68 bits per heavy atom. The molecule has 19 heavy (non-hydrogen) atoms. The van der Waals surface area contributed by atoms with Crippen molar-refractivity contribution >= 4 is 17.3 Å². The summed E-state index contributed by atoms with van der Waals surface area (Å²) in [5.41, 5.74) is 0.213. The van der Waals surface area contributed by atoms with Gasteiger partial charge < -0.3 is 14.4 Å². The van der Waals surface area contributed by atoms with Crippen LogP contribution in [0.1, 0.15) is 6.92 Å². The molecule has 0 radical (unpaired) electrons. The zero-order valence-electron chi connectivity index (χ0n) is 11.1. The number of esters is 1. The summed E-state index contributed by atoms with van der Waals surface area (Å²) in [5, 5.41) is 11.0. The van der Waals surface area contributed by atoms with Gasteiger partial charge in [-0.15, -0.1) is 0 Å². The molecule has 0 spiro atoms. The first-order valence-corrected chi connectivity index (χ1v) is 5.68. The van der Waals surface area contributed by atoms with Gasteiger partial charge in [0.15, 0.2) is 0 Å². The molecule has 0 saturated carbocycles. The van der Waals surface area contributed by atoms with Crippen LogP contribution in [-0.4, -0.2) is 38.2 Å². The average molecular weight is 268 g/mol. The second kappa shape index (κ2) is 6.58. The lowest BCUT2D eigenvalue weighted by atomic mass is 10.2. The highest BCUT2D eigenvalue weighted by molar-refractivity contribution is 5.78. The van der Waals surface area contributed by atoms with Crippen LogP contribution >= 0.6 is 0 Å². The standard InChI is InChI=1S/C12H16N2O5/c1-4-19-12(15)8-13(2)11-7-9(18-3)5-6-10(11)14(16)17/h5-7H,4,8H2,1-3H3. The fourth-order valence-electron chi connectivity index (χ4n) is 1.58. The minimum absolute atomic E-state index is 0.0676. The Hall–Kier alpha value is -2.31. The topological polar surface area (TPSA) is 81.9 Å². The SMILES string of the molecule is CCOC(=O)CN(C)c1cc(OC)ccc1[N+](=O)[O-]. The maximum absolute atomic E-state index is 11.4. The van der Waals surface area contributed by atoms with Crippen LogP contribution in [0.3, 0.4) is 0 Å². The summed E-state index contributed by atoms with van der Waals surface area (Å²) >= 11 is 0. The Balaban J connectivity index is 3.01. The van der Waals surface area contributed by atoms with Gasteiger partial charge in [-0.2, -0.15) is 0 Å². The van der Waals surface area contributed by atoms with Crippen LogP contribution in [0.25, 0.3) is 0 Å². The van der Waals surface area contributed by atoms with Gasteiger partial charge in [0.2, 0.25) is 0 Å². The van der Waals surface area contributed by atoms with Crippen molar-refractivity contribution in [2.75, 3.05) is 32.2 Å². The number of ether oxygens (including phenoxy) is 2. The molecule has 0 aliphatic heterocycles. The Labute approximate surface area is 110 Å². The third-order valence-corrected chi connectivity index (χ3v) is 2.46. The highest BCUT2D eigenvalue weighted by Gasteiger charge is 2.20. The average Bonchev–Trinajstić information content (AvgIpc) is 2.37. The Morgan fingerprint density at radius 1 is 1.47 bits per heavy atom. The van der Waals surface area contributed by atoms with Crippen molar-refractivity contribution in [1.82, 2.24) is 0 Å². The second-order valence-electron chi connectivity index (χ2n) is 3.77. The zero-order valence-corrected chi connectivity index (χ0v) is 11.1. The van der Waals surface area contributed by atoms with Crippen LogP contribution in [-0.2, 0) is 9.53 Å². The van der Waals surface area contributed by atoms with Crippen molar-refractivity contribution < 1.29 is 19.2 Å². The van der Waals surface area contributed by atoms with Crippen LogP contribution in [0.5, 0.6) is 5.75 Å². The van der Waals surface area contributed by atoms with Crippen molar-refractivity contribution in [1.29, 1.82) is 0 Å². The molecule has 0 fully saturated rings. The van der Waals surface area contributed by atoms with Crippen molar-refractivity contribution in [3.05, 3.63) is 28.3 Å². The monoisotopic (exact) mass is 268 g/mol. The molecule has 1 aromatic carbocycles. The van der Waals surface area contributed by atoms with Gasteiger partial charge >= 0.3 is 5.97 Å². The number of nitro benzene ring substituents is 1. The number of nitrogens with zero attached hydrogens (tertiary/aromatic N) is 2. The number of likely N-dealkylation sites (N-methyl/N-ethyl adjacent to an activating group) is 1. The predicted molar refractivity (Wildman–Crippen MR) is 69.6 cm³/mol. The van der Waals surface area contributed by atoms with E-state index in [1.54, 1.807) is 14.0 Å². The van der Waals surface area contributed by atoms with E-state index in [9.17, 15) is 14.9 Å². The maximum Gasteiger partial charge on any atom is 0.325 e. The minimum atomic E-state index is -0.504. The number of nitro groups is 1. The molecule has 1 aromatic rings. The summed E-state index contributed by atoms with van der Waals surface area (Å²) in [4.78, 5) is 23.3. The number of hydrogen-bond acceptors (Lipinski definition) is 6. The molecule has 7 heteroatoms. The van der Waals surface area contributed by atoms with Crippen LogP contribution in [0.4, 0.5) is 11.4 Å². The van der Waals surface area contributed by atoms with E-state index < -0.39 is 10.9 Å². The molecule has 0 bridgehead atoms. The van der Waals surface area contributed by atoms with E-state index in [0.29, 0.717) is 11.4 Å². The van der Waals surface area contributed by atoms with Crippen LogP contribution in [0.15, 0.2) is 18.2 Å². The van der Waals surface area contributed by atoms with Gasteiger partial charge in [-0.05, 0) is 13.0 Å². The molecule has 0 saturated heterocycles. The molecular formula is C12H16N2O5. The summed E-state index contributed by atoms with van der Waals surface area (Å²) < 4.78 is 9.84. The fraction of sp³-hybridized carbons (Fsp3) is 0.417. The van der Waals surface area contributed by atoms with Gasteiger partial charge in [0.1, 0.15) is 18.0 Å². The smallest absolute Gasteiger partial charge is 0.325 e. The van der Waals surface area contributed by atoms with Crippen LogP contribution in [0, 0.1) is 10.1 Å². The number of anilines is 1. The quantitative estimate of drug-likeness (QED) is 0.443. The molecule has 0 unspecified atom stereocenters. The molecule has 0 amide bonds. The molecule has 104 valence electrons. The summed E-state index contributed by atoms with van der Waals surface area (Å²) in [6.45, 7) is 1.90. The van der Waals surface area contributed by atoms with E-state index in [4.69, 9.17) is 9.47 Å². The van der Waals surface area contributed by atoms with Gasteiger partial charge in [0.05, 0.1) is 18.6 Å². The molecule has 1 rings (SSSR count). The Morgan fingerprint density at radius 2 is 2.16 bits per heavy atom. The third kappa shape index (κ3) is 3.84. The predicted octanol–water partition coefficient (Wildman–Crippen LogP) is 1.60. The second-order valence-corrected chi connectivity index (χ2v) is 3.77. The normalized spacial score (nSPS) is 9.84. The Bertz CT molecular complexity index is 475. The highest BCUT2D eigenvalue weighted by atomic mass is 16.6. The van der Waals surface area contributed by atoms with E-state index in [-0.39, 0.29) is 18.8 Å². The van der Waals surface area contributed by atoms with E-state index >= 15 is 0 Å². The van der Waals surface area contributed by atoms with Crippen LogP contribution in [0.2, 0.25) is 0 Å². The molecule has 7 nitrogen and oxygen atoms in total. The lowest BCUT2D eigenvalue weighted by Crippen LogP contribution is -2.27. The van der Waals surface area contributed by atoms with Gasteiger partial charge in [0, 0.05) is 19.2 Å². The lowest BCUT2D eigenvalue weighted by Gasteiger charge is -2.18. The van der Waals surface area contributed by atoms with E-state index in [0.717, 1.165) is 0 Å². The number of carbonyl (C=O) groups excluding carboxylic acids is 1. The number of methoxy groups -OCH3 is 1. The summed E-state index contributed by atoms with van der Waals surface area (Å²) in [6.07, 6.45) is 0. The molecular weight excluding hydrogens is 252 g/mol. The molecule has 0 heterocycles. The van der Waals surface area contributed by atoms with E-state index in [1.807, 2.05) is 0 Å². The largest absolute Gasteiger partial charge is 0.497 e. The van der Waals surface area contributed by atoms with Crippen molar-refractivity contribution in [2.45, 2.75) is 6.92 Å². The molecule has 0 aromatic heterocycles. The fourth-order valence-corrected chi connectivity index (χ4v) is 1.58. The number of carbonyl (C=O) groups is 1. The van der Waals surface area contributed by atoms with Gasteiger partial charge in [-0.25, -0.2) is 0 Å². The van der Waals surface area contributed by atoms with E-state index in [2.05, 4.69) is 0 Å². The van der Waals surface area contributed by atoms with Crippen molar-refractivity contribution in [2.24, 2.45) is 0 Å². The van der Waals surface area contributed by atoms with Crippen molar-refractivity contribution in [3.63, 3.8) is 0 Å². The molecule has 0 N–H and O–H groups in total. The first-order chi connectivity index (χ1) is 8.99. The molecule has 0 aliphatic carbocycles. The van der Waals surface area contributed by atoms with Crippen LogP contribution < -0.4 is 9.64 Å². The van der Waals surface area contributed by atoms with E-state index in [1.165, 1.54) is 30.2 Å².